The third-order valence-electron chi connectivity index (χ3n) is 3.12. The van der Waals surface area contributed by atoms with Crippen molar-refractivity contribution in [3.63, 3.8) is 0 Å². The fraction of sp³-hybridized carbons (Fsp3) is 0.333. The Kier molecular flexibility index (Phi) is 4.58. The molecule has 0 heterocycles. The fourth-order valence-corrected chi connectivity index (χ4v) is 2.22. The number of hydrogen-bond donors (Lipinski definition) is 1. The molecule has 106 valence electrons. The summed E-state index contributed by atoms with van der Waals surface area (Å²) in [6.45, 7) is 6.17. The predicted octanol–water partition coefficient (Wildman–Crippen LogP) is 4.24. The van der Waals surface area contributed by atoms with E-state index in [2.05, 4.69) is 32.9 Å². The van der Waals surface area contributed by atoms with Gasteiger partial charge in [0.15, 0.2) is 0 Å². The molecule has 0 aliphatic heterocycles. The van der Waals surface area contributed by atoms with Crippen molar-refractivity contribution in [2.75, 3.05) is 0 Å². The van der Waals surface area contributed by atoms with E-state index < -0.39 is 0 Å². The Labute approximate surface area is 121 Å². The second kappa shape index (κ2) is 6.21. The molecule has 2 N–H and O–H groups in total. The van der Waals surface area contributed by atoms with Gasteiger partial charge >= 0.3 is 0 Å². The smallest absolute Gasteiger partial charge is 0.102 e. The van der Waals surface area contributed by atoms with Gasteiger partial charge in [0.1, 0.15) is 6.10 Å². The summed E-state index contributed by atoms with van der Waals surface area (Å²) in [5.74, 6) is 0. The van der Waals surface area contributed by atoms with Gasteiger partial charge in [-0.1, -0.05) is 60.7 Å². The molecule has 0 spiro atoms. The number of ether oxygens (including phenoxy) is 1. The molecule has 0 aromatic heterocycles. The summed E-state index contributed by atoms with van der Waals surface area (Å²) in [6.07, 6.45) is -0.154. The first kappa shape index (κ1) is 14.8. The first-order valence-corrected chi connectivity index (χ1v) is 7.01. The van der Waals surface area contributed by atoms with Crippen molar-refractivity contribution in [3.05, 3.63) is 71.8 Å². The van der Waals surface area contributed by atoms with Gasteiger partial charge in [0.2, 0.25) is 0 Å². The summed E-state index contributed by atoms with van der Waals surface area (Å²) in [7, 11) is 0. The van der Waals surface area contributed by atoms with Crippen LogP contribution in [0.4, 0.5) is 0 Å². The summed E-state index contributed by atoms with van der Waals surface area (Å²) in [4.78, 5) is 0. The van der Waals surface area contributed by atoms with Crippen molar-refractivity contribution in [2.24, 2.45) is 5.73 Å². The average molecular weight is 269 g/mol. The molecule has 2 unspecified atom stereocenters. The van der Waals surface area contributed by atoms with E-state index in [4.69, 9.17) is 10.5 Å². The van der Waals surface area contributed by atoms with E-state index in [0.717, 1.165) is 11.1 Å². The second-order valence-corrected chi connectivity index (χ2v) is 6.00. The zero-order chi connectivity index (χ0) is 14.6. The summed E-state index contributed by atoms with van der Waals surface area (Å²) in [5.41, 5.74) is 8.41. The quantitative estimate of drug-likeness (QED) is 0.901. The van der Waals surface area contributed by atoms with Crippen LogP contribution in [-0.4, -0.2) is 5.60 Å². The van der Waals surface area contributed by atoms with E-state index in [0.29, 0.717) is 0 Å². The number of benzene rings is 2. The van der Waals surface area contributed by atoms with Gasteiger partial charge in [0.05, 0.1) is 11.6 Å². The lowest BCUT2D eigenvalue weighted by molar-refractivity contribution is -0.0731. The van der Waals surface area contributed by atoms with Gasteiger partial charge in [0, 0.05) is 0 Å². The number of hydrogen-bond acceptors (Lipinski definition) is 2. The highest BCUT2D eigenvalue weighted by Crippen LogP contribution is 2.33. The molecule has 2 rings (SSSR count). The molecule has 0 fully saturated rings. The van der Waals surface area contributed by atoms with Gasteiger partial charge in [-0.2, -0.15) is 0 Å². The Morgan fingerprint density at radius 2 is 1.25 bits per heavy atom. The molecule has 0 aliphatic carbocycles. The molecular weight excluding hydrogens is 246 g/mol. The highest BCUT2D eigenvalue weighted by Gasteiger charge is 2.26. The van der Waals surface area contributed by atoms with Crippen LogP contribution in [0, 0.1) is 0 Å². The van der Waals surface area contributed by atoms with Crippen molar-refractivity contribution >= 4 is 0 Å². The Morgan fingerprint density at radius 3 is 1.70 bits per heavy atom. The topological polar surface area (TPSA) is 35.2 Å². The SMILES string of the molecule is CC(C)(C)OC(c1ccccc1)C(N)c1ccccc1. The molecule has 20 heavy (non-hydrogen) atoms. The molecule has 2 nitrogen and oxygen atoms in total. The Morgan fingerprint density at radius 1 is 0.800 bits per heavy atom. The van der Waals surface area contributed by atoms with Gasteiger partial charge in [-0.15, -0.1) is 0 Å². The minimum atomic E-state index is -0.243. The predicted molar refractivity (Wildman–Crippen MR) is 83.4 cm³/mol. The largest absolute Gasteiger partial charge is 0.366 e. The van der Waals surface area contributed by atoms with E-state index in [1.54, 1.807) is 0 Å². The van der Waals surface area contributed by atoms with Crippen molar-refractivity contribution < 1.29 is 4.74 Å². The average Bonchev–Trinajstić information content (AvgIpc) is 2.45. The summed E-state index contributed by atoms with van der Waals surface area (Å²) in [5, 5.41) is 0. The molecule has 0 bridgehead atoms. The van der Waals surface area contributed by atoms with Crippen LogP contribution in [-0.2, 0) is 4.74 Å². The minimum Gasteiger partial charge on any atom is -0.366 e. The van der Waals surface area contributed by atoms with Crippen molar-refractivity contribution in [2.45, 2.75) is 38.5 Å². The van der Waals surface area contributed by atoms with Crippen LogP contribution in [0.2, 0.25) is 0 Å². The van der Waals surface area contributed by atoms with E-state index >= 15 is 0 Å². The van der Waals surface area contributed by atoms with Crippen LogP contribution in [0.3, 0.4) is 0 Å². The number of nitrogens with two attached hydrogens (primary N) is 1. The van der Waals surface area contributed by atoms with E-state index in [1.807, 2.05) is 48.5 Å². The number of rotatable bonds is 4. The van der Waals surface area contributed by atoms with E-state index in [1.165, 1.54) is 0 Å². The van der Waals surface area contributed by atoms with Gasteiger partial charge < -0.3 is 10.5 Å². The molecule has 2 atom stereocenters. The lowest BCUT2D eigenvalue weighted by Crippen LogP contribution is -2.30. The van der Waals surface area contributed by atoms with Crippen LogP contribution < -0.4 is 5.73 Å². The van der Waals surface area contributed by atoms with Crippen LogP contribution in [0.1, 0.15) is 44.0 Å². The molecule has 0 amide bonds. The van der Waals surface area contributed by atoms with Crippen LogP contribution >= 0.6 is 0 Å². The molecule has 0 saturated carbocycles. The Balaban J connectivity index is 2.32. The molecule has 0 saturated heterocycles. The normalized spacial score (nSPS) is 14.8. The minimum absolute atomic E-state index is 0.154. The molecule has 0 aliphatic rings. The van der Waals surface area contributed by atoms with Crippen molar-refractivity contribution in [1.82, 2.24) is 0 Å². The zero-order valence-corrected chi connectivity index (χ0v) is 12.4. The lowest BCUT2D eigenvalue weighted by Gasteiger charge is -2.32. The highest BCUT2D eigenvalue weighted by molar-refractivity contribution is 5.26. The van der Waals surface area contributed by atoms with Crippen LogP contribution in [0.15, 0.2) is 60.7 Å². The molecule has 0 radical (unpaired) electrons. The van der Waals surface area contributed by atoms with E-state index in [9.17, 15) is 0 Å². The Hall–Kier alpha value is -1.64. The maximum Gasteiger partial charge on any atom is 0.102 e. The first-order valence-electron chi connectivity index (χ1n) is 7.01. The molecule has 2 heteroatoms. The first-order chi connectivity index (χ1) is 9.47. The maximum absolute atomic E-state index is 6.45. The third kappa shape index (κ3) is 3.92. The highest BCUT2D eigenvalue weighted by atomic mass is 16.5. The van der Waals surface area contributed by atoms with Gasteiger partial charge in [-0.3, -0.25) is 0 Å². The zero-order valence-electron chi connectivity index (χ0n) is 12.4. The monoisotopic (exact) mass is 269 g/mol. The van der Waals surface area contributed by atoms with E-state index in [-0.39, 0.29) is 17.7 Å². The third-order valence-corrected chi connectivity index (χ3v) is 3.12. The van der Waals surface area contributed by atoms with Gasteiger partial charge in [-0.25, -0.2) is 0 Å². The van der Waals surface area contributed by atoms with Crippen LogP contribution in [0.5, 0.6) is 0 Å². The molecule has 2 aromatic rings. The maximum atomic E-state index is 6.45. The van der Waals surface area contributed by atoms with Gasteiger partial charge in [-0.05, 0) is 31.9 Å². The molecular formula is C18H23NO. The summed E-state index contributed by atoms with van der Waals surface area (Å²) >= 11 is 0. The summed E-state index contributed by atoms with van der Waals surface area (Å²) in [6, 6.07) is 20.1. The van der Waals surface area contributed by atoms with Crippen molar-refractivity contribution in [1.29, 1.82) is 0 Å². The van der Waals surface area contributed by atoms with Gasteiger partial charge in [0.25, 0.3) is 0 Å². The van der Waals surface area contributed by atoms with Crippen LogP contribution in [0.25, 0.3) is 0 Å². The Bertz CT molecular complexity index is 516. The standard InChI is InChI=1S/C18H23NO/c1-18(2,3)20-17(15-12-8-5-9-13-15)16(19)14-10-6-4-7-11-14/h4-13,16-17H,19H2,1-3H3. The molecule has 2 aromatic carbocycles. The fourth-order valence-electron chi connectivity index (χ4n) is 2.22. The summed E-state index contributed by atoms with van der Waals surface area (Å²) < 4.78 is 6.22. The van der Waals surface area contributed by atoms with Crippen molar-refractivity contribution in [3.8, 4) is 0 Å². The lowest BCUT2D eigenvalue weighted by atomic mass is 9.95. The second-order valence-electron chi connectivity index (χ2n) is 6.00.